The molecule has 1 saturated carbocycles. The first-order chi connectivity index (χ1) is 18.0. The van der Waals surface area contributed by atoms with Crippen molar-refractivity contribution in [3.05, 3.63) is 53.6 Å². The van der Waals surface area contributed by atoms with E-state index in [0.29, 0.717) is 5.56 Å². The molecule has 0 radical (unpaired) electrons. The minimum absolute atomic E-state index is 0.0593. The quantitative estimate of drug-likeness (QED) is 0.324. The normalized spacial score (nSPS) is 20.5. The van der Waals surface area contributed by atoms with Crippen molar-refractivity contribution in [1.29, 1.82) is 0 Å². The van der Waals surface area contributed by atoms with Gasteiger partial charge in [0.05, 0.1) is 24.4 Å². The Balaban J connectivity index is 1.49. The van der Waals surface area contributed by atoms with Crippen molar-refractivity contribution in [3.63, 3.8) is 0 Å². The van der Waals surface area contributed by atoms with Gasteiger partial charge in [0.1, 0.15) is 5.75 Å². The van der Waals surface area contributed by atoms with Crippen molar-refractivity contribution in [2.45, 2.75) is 56.0 Å². The second kappa shape index (κ2) is 9.44. The van der Waals surface area contributed by atoms with Gasteiger partial charge in [-0.15, -0.1) is 5.10 Å². The van der Waals surface area contributed by atoms with Crippen molar-refractivity contribution in [3.8, 4) is 5.75 Å². The monoisotopic (exact) mass is 541 g/mol. The first kappa shape index (κ1) is 25.7. The summed E-state index contributed by atoms with van der Waals surface area (Å²) in [4.78, 5) is 13.3. The van der Waals surface area contributed by atoms with Crippen LogP contribution >= 0.6 is 0 Å². The lowest BCUT2D eigenvalue weighted by atomic mass is 9.77. The zero-order valence-electron chi connectivity index (χ0n) is 19.6. The number of rotatable bonds is 8. The predicted octanol–water partition coefficient (Wildman–Crippen LogP) is 4.34. The molecule has 1 aromatic carbocycles. The molecule has 0 unspecified atom stereocenters. The zero-order chi connectivity index (χ0) is 27.1. The molecule has 1 aliphatic heterocycles. The van der Waals surface area contributed by atoms with E-state index in [9.17, 15) is 31.1 Å². The number of alkyl halides is 6. The van der Waals surface area contributed by atoms with Crippen LogP contribution < -0.4 is 10.1 Å². The van der Waals surface area contributed by atoms with Gasteiger partial charge in [0, 0.05) is 24.6 Å². The van der Waals surface area contributed by atoms with E-state index < -0.39 is 36.6 Å². The molecule has 38 heavy (non-hydrogen) atoms. The Labute approximate surface area is 211 Å². The Morgan fingerprint density at radius 3 is 2.45 bits per heavy atom. The van der Waals surface area contributed by atoms with Crippen molar-refractivity contribution in [2.75, 3.05) is 6.61 Å². The van der Waals surface area contributed by atoms with E-state index in [2.05, 4.69) is 31.0 Å². The average Bonchev–Trinajstić information content (AvgIpc) is 3.34. The average molecular weight is 541 g/mol. The summed E-state index contributed by atoms with van der Waals surface area (Å²) in [5, 5.41) is 19.5. The Morgan fingerprint density at radius 2 is 1.84 bits per heavy atom. The molecule has 9 nitrogen and oxygen atoms in total. The van der Waals surface area contributed by atoms with Gasteiger partial charge in [-0.05, 0) is 53.0 Å². The van der Waals surface area contributed by atoms with Gasteiger partial charge < -0.3 is 10.1 Å². The van der Waals surface area contributed by atoms with Gasteiger partial charge in [0.25, 0.3) is 5.91 Å². The number of ether oxygens (including phenoxy) is 1. The van der Waals surface area contributed by atoms with Crippen LogP contribution in [0.15, 0.2) is 36.7 Å². The summed E-state index contributed by atoms with van der Waals surface area (Å²) in [5.74, 6) is -1.02. The van der Waals surface area contributed by atoms with Crippen LogP contribution in [-0.4, -0.2) is 55.3 Å². The number of tetrazole rings is 1. The van der Waals surface area contributed by atoms with Crippen molar-refractivity contribution < 1.29 is 35.9 Å². The summed E-state index contributed by atoms with van der Waals surface area (Å²) >= 11 is 0. The van der Waals surface area contributed by atoms with Crippen LogP contribution in [0.3, 0.4) is 0 Å². The molecule has 1 atom stereocenters. The summed E-state index contributed by atoms with van der Waals surface area (Å²) in [5.41, 5.74) is -2.83. The molecule has 1 amide bonds. The molecule has 0 saturated heterocycles. The molecule has 3 heterocycles. The van der Waals surface area contributed by atoms with Crippen LogP contribution in [0.25, 0.3) is 11.1 Å². The minimum Gasteiger partial charge on any atom is -0.494 e. The highest BCUT2D eigenvalue weighted by Gasteiger charge is 2.60. The van der Waals surface area contributed by atoms with Gasteiger partial charge in [-0.25, -0.2) is 5.10 Å². The Bertz CT molecular complexity index is 1330. The third-order valence-corrected chi connectivity index (χ3v) is 6.46. The Hall–Kier alpha value is -3.91. The molecule has 202 valence electrons. The molecule has 2 aliphatic rings. The summed E-state index contributed by atoms with van der Waals surface area (Å²) < 4.78 is 88.2. The number of benzene rings is 1. The third kappa shape index (κ3) is 5.09. The van der Waals surface area contributed by atoms with Crippen LogP contribution in [0, 0.1) is 0 Å². The van der Waals surface area contributed by atoms with Crippen LogP contribution in [0.1, 0.15) is 55.1 Å². The number of aromatic nitrogens is 6. The molecule has 2 aromatic heterocycles. The van der Waals surface area contributed by atoms with Crippen molar-refractivity contribution >= 4 is 17.1 Å². The third-order valence-electron chi connectivity index (χ3n) is 6.46. The molecule has 3 aromatic rings. The highest BCUT2D eigenvalue weighted by Crippen LogP contribution is 2.50. The lowest BCUT2D eigenvalue weighted by Gasteiger charge is -2.41. The van der Waals surface area contributed by atoms with Gasteiger partial charge in [-0.1, -0.05) is 12.1 Å². The minimum atomic E-state index is -4.93. The van der Waals surface area contributed by atoms with E-state index in [1.165, 1.54) is 18.3 Å². The smallest absolute Gasteiger partial charge is 0.416 e. The number of aromatic amines is 1. The number of carbonyl (C=O) groups is 1. The molecule has 2 N–H and O–H groups in total. The standard InChI is InChI=1S/C23H21F6N7O2/c24-22(25,26)8-1-9-38-16-6-2-14(3-7-16)21(23(27,28)29)10-17(13-11-30-36(12-13)15-4-5-15)18(20(37)31-21)19-32-34-35-33-19/h2-3,6-7,11-12,15H,1,4-5,8-10H2,(H,31,37)(H,32,33,34,35)/t21-/m0/s1. The highest BCUT2D eigenvalue weighted by atomic mass is 19.4. The largest absolute Gasteiger partial charge is 0.494 e. The predicted molar refractivity (Wildman–Crippen MR) is 119 cm³/mol. The number of H-pyrrole nitrogens is 1. The fraction of sp³-hybridized carbons (Fsp3) is 0.435. The van der Waals surface area contributed by atoms with Gasteiger partial charge >= 0.3 is 12.4 Å². The number of nitrogens with zero attached hydrogens (tertiary/aromatic N) is 5. The molecule has 1 aliphatic carbocycles. The summed E-state index contributed by atoms with van der Waals surface area (Å²) in [7, 11) is 0. The lowest BCUT2D eigenvalue weighted by molar-refractivity contribution is -0.201. The SMILES string of the molecule is O=C1N[C@@](c2ccc(OCCCC(F)(F)F)cc2)(C(F)(F)F)CC(c2cnn(C3CC3)c2)=C1c1nnn[nH]1. The fourth-order valence-corrected chi connectivity index (χ4v) is 4.39. The summed E-state index contributed by atoms with van der Waals surface area (Å²) in [6.07, 6.45) is -6.45. The summed E-state index contributed by atoms with van der Waals surface area (Å²) in [6, 6.07) is 4.89. The molecule has 5 rings (SSSR count). The van der Waals surface area contributed by atoms with Crippen LogP contribution in [0.4, 0.5) is 26.3 Å². The second-order valence-corrected chi connectivity index (χ2v) is 9.17. The number of carbonyl (C=O) groups excluding carboxylic acids is 1. The van der Waals surface area contributed by atoms with E-state index >= 15 is 0 Å². The lowest BCUT2D eigenvalue weighted by Crippen LogP contribution is -2.58. The molecule has 1 fully saturated rings. The van der Waals surface area contributed by atoms with Gasteiger partial charge in [-0.2, -0.15) is 31.4 Å². The Morgan fingerprint density at radius 1 is 1.11 bits per heavy atom. The van der Waals surface area contributed by atoms with Gasteiger partial charge in [-0.3, -0.25) is 9.48 Å². The number of amides is 1. The number of halogens is 6. The molecule has 0 bridgehead atoms. The first-order valence-corrected chi connectivity index (χ1v) is 11.7. The zero-order valence-corrected chi connectivity index (χ0v) is 19.6. The van der Waals surface area contributed by atoms with Crippen LogP contribution in [0.2, 0.25) is 0 Å². The van der Waals surface area contributed by atoms with E-state index in [1.54, 1.807) is 10.9 Å². The maximum absolute atomic E-state index is 14.8. The van der Waals surface area contributed by atoms with Gasteiger partial charge in [0.15, 0.2) is 11.4 Å². The highest BCUT2D eigenvalue weighted by molar-refractivity contribution is 6.27. The van der Waals surface area contributed by atoms with E-state index in [1.807, 2.05) is 0 Å². The maximum atomic E-state index is 14.8. The topological polar surface area (TPSA) is 111 Å². The van der Waals surface area contributed by atoms with E-state index in [0.717, 1.165) is 25.0 Å². The molecular weight excluding hydrogens is 520 g/mol. The maximum Gasteiger partial charge on any atom is 0.416 e. The van der Waals surface area contributed by atoms with Crippen LogP contribution in [0.5, 0.6) is 5.75 Å². The molecular formula is C23H21F6N7O2. The first-order valence-electron chi connectivity index (χ1n) is 11.7. The van der Waals surface area contributed by atoms with E-state index in [4.69, 9.17) is 4.74 Å². The molecule has 0 spiro atoms. The van der Waals surface area contributed by atoms with Gasteiger partial charge in [0.2, 0.25) is 0 Å². The Kier molecular flexibility index (Phi) is 6.39. The van der Waals surface area contributed by atoms with E-state index in [-0.39, 0.29) is 47.4 Å². The number of hydrogen-bond donors (Lipinski definition) is 2. The van der Waals surface area contributed by atoms with Crippen LogP contribution in [-0.2, 0) is 10.3 Å². The number of hydrogen-bond acceptors (Lipinski definition) is 6. The van der Waals surface area contributed by atoms with Crippen molar-refractivity contribution in [1.82, 2.24) is 35.7 Å². The summed E-state index contributed by atoms with van der Waals surface area (Å²) in [6.45, 7) is -0.257. The second-order valence-electron chi connectivity index (χ2n) is 9.17. The molecule has 15 heteroatoms. The fourth-order valence-electron chi connectivity index (χ4n) is 4.39. The number of nitrogens with one attached hydrogen (secondary N) is 2. The van der Waals surface area contributed by atoms with Crippen molar-refractivity contribution in [2.24, 2.45) is 0 Å².